The third-order valence-corrected chi connectivity index (χ3v) is 3.03. The molecule has 1 saturated carbocycles. The van der Waals surface area contributed by atoms with Gasteiger partial charge in [-0.1, -0.05) is 17.7 Å². The fraction of sp³-hybridized carbons (Fsp3) is 0.364. The Morgan fingerprint density at radius 2 is 2.12 bits per heavy atom. The second kappa shape index (κ2) is 4.62. The summed E-state index contributed by atoms with van der Waals surface area (Å²) in [6.07, 6.45) is 1.90. The first-order chi connectivity index (χ1) is 7.07. The molecule has 16 heavy (non-hydrogen) atoms. The molecule has 0 atom stereocenters. The van der Waals surface area contributed by atoms with Crippen molar-refractivity contribution in [3.8, 4) is 0 Å². The molecular formula is C11H13Cl2NO2. The topological polar surface area (TPSA) is 52.3 Å². The van der Waals surface area contributed by atoms with E-state index in [0.29, 0.717) is 10.6 Å². The van der Waals surface area contributed by atoms with Gasteiger partial charge in [0.05, 0.1) is 12.7 Å². The molecule has 0 saturated heterocycles. The molecule has 1 aromatic rings. The molecule has 0 spiro atoms. The number of hydrogen-bond donors (Lipinski definition) is 1. The maximum absolute atomic E-state index is 11.2. The lowest BCUT2D eigenvalue weighted by atomic mass is 10.0. The van der Waals surface area contributed by atoms with E-state index in [1.807, 2.05) is 6.07 Å². The minimum absolute atomic E-state index is 0. The van der Waals surface area contributed by atoms with Gasteiger partial charge in [-0.3, -0.25) is 0 Å². The van der Waals surface area contributed by atoms with Crippen molar-refractivity contribution in [2.45, 2.75) is 18.4 Å². The standard InChI is InChI=1S/C11H12ClNO2.ClH/c1-15-10(14)7-2-3-8(9(12)6-7)11(13)4-5-11;/h2-3,6H,4-5,13H2,1H3;1H. The van der Waals surface area contributed by atoms with Gasteiger partial charge >= 0.3 is 5.97 Å². The third kappa shape index (κ3) is 2.32. The molecule has 3 nitrogen and oxygen atoms in total. The summed E-state index contributed by atoms with van der Waals surface area (Å²) in [5.41, 5.74) is 7.12. The molecule has 0 aliphatic heterocycles. The van der Waals surface area contributed by atoms with Gasteiger partial charge in [0.1, 0.15) is 0 Å². The SMILES string of the molecule is COC(=O)c1ccc(C2(N)CC2)c(Cl)c1.Cl. The lowest BCUT2D eigenvalue weighted by molar-refractivity contribution is 0.0600. The van der Waals surface area contributed by atoms with E-state index in [9.17, 15) is 4.79 Å². The number of halogens is 2. The van der Waals surface area contributed by atoms with Gasteiger partial charge in [-0.2, -0.15) is 0 Å². The summed E-state index contributed by atoms with van der Waals surface area (Å²) in [6, 6.07) is 5.11. The molecule has 2 rings (SSSR count). The van der Waals surface area contributed by atoms with Crippen LogP contribution in [0.25, 0.3) is 0 Å². The first-order valence-corrected chi connectivity index (χ1v) is 5.12. The molecule has 0 unspecified atom stereocenters. The van der Waals surface area contributed by atoms with Crippen molar-refractivity contribution in [1.82, 2.24) is 0 Å². The largest absolute Gasteiger partial charge is 0.465 e. The number of methoxy groups -OCH3 is 1. The number of nitrogens with two attached hydrogens (primary N) is 1. The number of esters is 1. The Bertz CT molecular complexity index is 416. The predicted molar refractivity (Wildman–Crippen MR) is 65.1 cm³/mol. The smallest absolute Gasteiger partial charge is 0.337 e. The van der Waals surface area contributed by atoms with E-state index >= 15 is 0 Å². The van der Waals surface area contributed by atoms with Gasteiger partial charge in [-0.15, -0.1) is 12.4 Å². The quantitative estimate of drug-likeness (QED) is 0.833. The van der Waals surface area contributed by atoms with Crippen molar-refractivity contribution in [2.24, 2.45) is 5.73 Å². The summed E-state index contributed by atoms with van der Waals surface area (Å²) in [6.45, 7) is 0. The Labute approximate surface area is 105 Å². The van der Waals surface area contributed by atoms with Crippen LogP contribution in [0, 0.1) is 0 Å². The molecule has 1 aromatic carbocycles. The highest BCUT2D eigenvalue weighted by Crippen LogP contribution is 2.45. The van der Waals surface area contributed by atoms with Gasteiger partial charge in [0.25, 0.3) is 0 Å². The fourth-order valence-corrected chi connectivity index (χ4v) is 1.94. The van der Waals surface area contributed by atoms with Crippen molar-refractivity contribution in [2.75, 3.05) is 7.11 Å². The van der Waals surface area contributed by atoms with Crippen LogP contribution in [0.1, 0.15) is 28.8 Å². The highest BCUT2D eigenvalue weighted by molar-refractivity contribution is 6.31. The van der Waals surface area contributed by atoms with Crippen molar-refractivity contribution in [1.29, 1.82) is 0 Å². The van der Waals surface area contributed by atoms with E-state index in [4.69, 9.17) is 17.3 Å². The summed E-state index contributed by atoms with van der Waals surface area (Å²) >= 11 is 6.07. The van der Waals surface area contributed by atoms with Gasteiger partial charge in [0.2, 0.25) is 0 Å². The maximum Gasteiger partial charge on any atom is 0.337 e. The Morgan fingerprint density at radius 3 is 2.56 bits per heavy atom. The van der Waals surface area contributed by atoms with E-state index < -0.39 is 0 Å². The zero-order valence-corrected chi connectivity index (χ0v) is 10.4. The summed E-state index contributed by atoms with van der Waals surface area (Å²) in [4.78, 5) is 11.2. The fourth-order valence-electron chi connectivity index (χ4n) is 1.57. The number of carbonyl (C=O) groups excluding carboxylic acids is 1. The van der Waals surface area contributed by atoms with E-state index in [0.717, 1.165) is 18.4 Å². The Morgan fingerprint density at radius 1 is 1.50 bits per heavy atom. The summed E-state index contributed by atoms with van der Waals surface area (Å²) < 4.78 is 4.60. The second-order valence-corrected chi connectivity index (χ2v) is 4.25. The number of hydrogen-bond acceptors (Lipinski definition) is 3. The van der Waals surface area contributed by atoms with Crippen molar-refractivity contribution < 1.29 is 9.53 Å². The number of ether oxygens (including phenoxy) is 1. The number of carbonyl (C=O) groups is 1. The molecule has 88 valence electrons. The van der Waals surface area contributed by atoms with Gasteiger partial charge in [-0.25, -0.2) is 4.79 Å². The molecule has 1 fully saturated rings. The Balaban J connectivity index is 0.00000128. The monoisotopic (exact) mass is 261 g/mol. The van der Waals surface area contributed by atoms with E-state index in [1.54, 1.807) is 12.1 Å². The first kappa shape index (κ1) is 13.3. The Kier molecular flexibility index (Phi) is 3.84. The first-order valence-electron chi connectivity index (χ1n) is 4.74. The summed E-state index contributed by atoms with van der Waals surface area (Å²) in [5, 5.41) is 0.540. The highest BCUT2D eigenvalue weighted by Gasteiger charge is 2.41. The minimum Gasteiger partial charge on any atom is -0.465 e. The molecule has 0 bridgehead atoms. The summed E-state index contributed by atoms with van der Waals surface area (Å²) in [7, 11) is 1.34. The van der Waals surface area contributed by atoms with Crippen molar-refractivity contribution >= 4 is 30.0 Å². The third-order valence-electron chi connectivity index (χ3n) is 2.72. The zero-order chi connectivity index (χ0) is 11.1. The molecule has 0 heterocycles. The molecular weight excluding hydrogens is 249 g/mol. The zero-order valence-electron chi connectivity index (χ0n) is 8.83. The minimum atomic E-state index is -0.384. The van der Waals surface area contributed by atoms with E-state index in [-0.39, 0.29) is 23.9 Å². The lowest BCUT2D eigenvalue weighted by Crippen LogP contribution is -2.19. The van der Waals surface area contributed by atoms with Crippen LogP contribution in [0.2, 0.25) is 5.02 Å². The van der Waals surface area contributed by atoms with Gasteiger partial charge in [0, 0.05) is 10.6 Å². The van der Waals surface area contributed by atoms with E-state index in [1.165, 1.54) is 7.11 Å². The highest BCUT2D eigenvalue weighted by atomic mass is 35.5. The normalized spacial score (nSPS) is 16.2. The van der Waals surface area contributed by atoms with Gasteiger partial charge in [-0.05, 0) is 30.5 Å². The molecule has 0 amide bonds. The predicted octanol–water partition coefficient (Wildman–Crippen LogP) is 2.50. The van der Waals surface area contributed by atoms with Crippen LogP contribution in [-0.2, 0) is 10.3 Å². The Hall–Kier alpha value is -0.770. The number of benzene rings is 1. The van der Waals surface area contributed by atoms with Crippen LogP contribution in [0.15, 0.2) is 18.2 Å². The average Bonchev–Trinajstić information content (AvgIpc) is 2.96. The second-order valence-electron chi connectivity index (χ2n) is 3.84. The van der Waals surface area contributed by atoms with Crippen LogP contribution >= 0.6 is 24.0 Å². The molecule has 2 N–H and O–H groups in total. The molecule has 1 aliphatic rings. The van der Waals surface area contributed by atoms with Crippen molar-refractivity contribution in [3.05, 3.63) is 34.3 Å². The molecule has 0 aromatic heterocycles. The maximum atomic E-state index is 11.2. The van der Waals surface area contributed by atoms with Crippen LogP contribution in [0.3, 0.4) is 0 Å². The molecule has 5 heteroatoms. The van der Waals surface area contributed by atoms with Crippen LogP contribution in [-0.4, -0.2) is 13.1 Å². The average molecular weight is 262 g/mol. The molecule has 0 radical (unpaired) electrons. The van der Waals surface area contributed by atoms with E-state index in [2.05, 4.69) is 4.74 Å². The number of rotatable bonds is 2. The van der Waals surface area contributed by atoms with Crippen LogP contribution in [0.4, 0.5) is 0 Å². The summed E-state index contributed by atoms with van der Waals surface area (Å²) in [5.74, 6) is -0.384. The van der Waals surface area contributed by atoms with Crippen molar-refractivity contribution in [3.63, 3.8) is 0 Å². The van der Waals surface area contributed by atoms with Crippen LogP contribution < -0.4 is 5.73 Å². The van der Waals surface area contributed by atoms with Gasteiger partial charge < -0.3 is 10.5 Å². The van der Waals surface area contributed by atoms with Crippen LogP contribution in [0.5, 0.6) is 0 Å². The lowest BCUT2D eigenvalue weighted by Gasteiger charge is -2.11. The molecule has 1 aliphatic carbocycles. The van der Waals surface area contributed by atoms with Gasteiger partial charge in [0.15, 0.2) is 0 Å².